The van der Waals surface area contributed by atoms with Crippen LogP contribution >= 0.6 is 0 Å². The number of nitrogens with zero attached hydrogens (tertiary/aromatic N) is 1. The second-order valence-corrected chi connectivity index (χ2v) is 8.02. The smallest absolute Gasteiger partial charge is 0.0521 e. The van der Waals surface area contributed by atoms with Crippen molar-refractivity contribution in [1.29, 1.82) is 0 Å². The molecule has 0 aromatic carbocycles. The topological polar surface area (TPSA) is 24.5 Å². The molecule has 2 fully saturated rings. The van der Waals surface area contributed by atoms with E-state index in [4.69, 9.17) is 4.74 Å². The average molecular weight is 296 g/mol. The zero-order chi connectivity index (χ0) is 15.3. The van der Waals surface area contributed by atoms with Crippen molar-refractivity contribution in [1.82, 2.24) is 10.2 Å². The summed E-state index contributed by atoms with van der Waals surface area (Å²) < 4.78 is 5.75. The van der Waals surface area contributed by atoms with Crippen molar-refractivity contribution >= 4 is 0 Å². The minimum Gasteiger partial charge on any atom is -0.381 e. The lowest BCUT2D eigenvalue weighted by atomic mass is 9.75. The molecule has 1 saturated heterocycles. The highest BCUT2D eigenvalue weighted by molar-refractivity contribution is 4.86. The van der Waals surface area contributed by atoms with Crippen LogP contribution in [-0.2, 0) is 4.74 Å². The third-order valence-corrected chi connectivity index (χ3v) is 5.59. The van der Waals surface area contributed by atoms with Gasteiger partial charge in [0.1, 0.15) is 0 Å². The second kappa shape index (κ2) is 7.94. The van der Waals surface area contributed by atoms with Gasteiger partial charge in [-0.15, -0.1) is 0 Å². The Morgan fingerprint density at radius 1 is 1.19 bits per heavy atom. The maximum atomic E-state index is 5.75. The predicted molar refractivity (Wildman–Crippen MR) is 89.7 cm³/mol. The van der Waals surface area contributed by atoms with Crippen LogP contribution in [0.25, 0.3) is 0 Å². The summed E-state index contributed by atoms with van der Waals surface area (Å²) in [5.74, 6) is 0.658. The molecule has 21 heavy (non-hydrogen) atoms. The summed E-state index contributed by atoms with van der Waals surface area (Å²) in [5.41, 5.74) is 0.566. The second-order valence-electron chi connectivity index (χ2n) is 8.02. The summed E-state index contributed by atoms with van der Waals surface area (Å²) in [7, 11) is 2.33. The van der Waals surface area contributed by atoms with E-state index in [1.807, 2.05) is 0 Å². The molecular weight excluding hydrogens is 260 g/mol. The van der Waals surface area contributed by atoms with E-state index in [0.717, 1.165) is 25.8 Å². The van der Waals surface area contributed by atoms with Crippen LogP contribution in [-0.4, -0.2) is 50.3 Å². The normalized spacial score (nSPS) is 30.7. The fourth-order valence-electron chi connectivity index (χ4n) is 3.92. The van der Waals surface area contributed by atoms with E-state index in [1.54, 1.807) is 0 Å². The van der Waals surface area contributed by atoms with Gasteiger partial charge in [0.05, 0.1) is 6.61 Å². The summed E-state index contributed by atoms with van der Waals surface area (Å²) in [6.07, 6.45) is 7.88. The molecule has 2 unspecified atom stereocenters. The van der Waals surface area contributed by atoms with E-state index in [9.17, 15) is 0 Å². The fraction of sp³-hybridized carbons (Fsp3) is 1.00. The van der Waals surface area contributed by atoms with Crippen molar-refractivity contribution in [3.8, 4) is 0 Å². The molecule has 0 amide bonds. The Morgan fingerprint density at radius 3 is 2.57 bits per heavy atom. The number of ether oxygens (including phenoxy) is 1. The first-order valence-electron chi connectivity index (χ1n) is 9.03. The largest absolute Gasteiger partial charge is 0.381 e. The van der Waals surface area contributed by atoms with Gasteiger partial charge in [-0.05, 0) is 57.5 Å². The molecule has 124 valence electrons. The minimum atomic E-state index is 0.566. The summed E-state index contributed by atoms with van der Waals surface area (Å²) in [5, 5.41) is 3.74. The van der Waals surface area contributed by atoms with Crippen molar-refractivity contribution in [3.63, 3.8) is 0 Å². The Balaban J connectivity index is 1.81. The van der Waals surface area contributed by atoms with Crippen molar-refractivity contribution < 1.29 is 4.74 Å². The van der Waals surface area contributed by atoms with Gasteiger partial charge in [0.2, 0.25) is 0 Å². The molecule has 0 radical (unpaired) electrons. The average Bonchev–Trinajstić information content (AvgIpc) is 2.46. The van der Waals surface area contributed by atoms with Gasteiger partial charge in [0.25, 0.3) is 0 Å². The van der Waals surface area contributed by atoms with E-state index in [1.165, 1.54) is 45.1 Å². The van der Waals surface area contributed by atoms with Gasteiger partial charge >= 0.3 is 0 Å². The van der Waals surface area contributed by atoms with Gasteiger partial charge in [0, 0.05) is 31.2 Å². The molecule has 2 rings (SSSR count). The standard InChI is InChI=1S/C18H36N2O/c1-5-11-19-17-8-12-21-14-15(17)13-20(4)16-6-9-18(2,3)10-7-16/h15-17,19H,5-14H2,1-4H3. The summed E-state index contributed by atoms with van der Waals surface area (Å²) in [6.45, 7) is 11.3. The predicted octanol–water partition coefficient (Wildman–Crippen LogP) is 3.29. The molecule has 3 heteroatoms. The molecule has 1 heterocycles. The van der Waals surface area contributed by atoms with Crippen LogP contribution in [0, 0.1) is 11.3 Å². The molecule has 0 aromatic rings. The van der Waals surface area contributed by atoms with Crippen LogP contribution in [0.4, 0.5) is 0 Å². The zero-order valence-electron chi connectivity index (χ0n) is 14.7. The Kier molecular flexibility index (Phi) is 6.51. The van der Waals surface area contributed by atoms with E-state index in [2.05, 4.69) is 38.0 Å². The van der Waals surface area contributed by atoms with Gasteiger partial charge in [-0.1, -0.05) is 20.8 Å². The van der Waals surface area contributed by atoms with Crippen molar-refractivity contribution in [2.45, 2.75) is 71.4 Å². The molecule has 0 aromatic heterocycles. The number of rotatable bonds is 6. The minimum absolute atomic E-state index is 0.566. The lowest BCUT2D eigenvalue weighted by Crippen LogP contribution is -2.49. The van der Waals surface area contributed by atoms with Gasteiger partial charge in [0.15, 0.2) is 0 Å². The maximum absolute atomic E-state index is 5.75. The van der Waals surface area contributed by atoms with Gasteiger partial charge in [-0.3, -0.25) is 0 Å². The lowest BCUT2D eigenvalue weighted by molar-refractivity contribution is 0.00890. The van der Waals surface area contributed by atoms with E-state index in [-0.39, 0.29) is 0 Å². The van der Waals surface area contributed by atoms with Crippen LogP contribution in [0.1, 0.15) is 59.3 Å². The fourth-order valence-corrected chi connectivity index (χ4v) is 3.92. The quantitative estimate of drug-likeness (QED) is 0.814. The number of hydrogen-bond acceptors (Lipinski definition) is 3. The highest BCUT2D eigenvalue weighted by Gasteiger charge is 2.32. The number of hydrogen-bond donors (Lipinski definition) is 1. The van der Waals surface area contributed by atoms with Crippen LogP contribution in [0.2, 0.25) is 0 Å². The lowest BCUT2D eigenvalue weighted by Gasteiger charge is -2.41. The van der Waals surface area contributed by atoms with E-state index < -0.39 is 0 Å². The van der Waals surface area contributed by atoms with Crippen LogP contribution in [0.5, 0.6) is 0 Å². The molecule has 1 N–H and O–H groups in total. The first-order valence-corrected chi connectivity index (χ1v) is 9.03. The van der Waals surface area contributed by atoms with Crippen molar-refractivity contribution in [2.24, 2.45) is 11.3 Å². The molecular formula is C18H36N2O. The van der Waals surface area contributed by atoms with Crippen molar-refractivity contribution in [2.75, 3.05) is 33.4 Å². The Bertz CT molecular complexity index is 296. The van der Waals surface area contributed by atoms with Gasteiger partial charge < -0.3 is 15.0 Å². The Labute approximate surface area is 131 Å². The first kappa shape index (κ1) is 17.2. The molecule has 1 saturated carbocycles. The van der Waals surface area contributed by atoms with E-state index in [0.29, 0.717) is 17.4 Å². The first-order chi connectivity index (χ1) is 10.0. The summed E-state index contributed by atoms with van der Waals surface area (Å²) in [4.78, 5) is 2.62. The molecule has 3 nitrogen and oxygen atoms in total. The third kappa shape index (κ3) is 5.22. The summed E-state index contributed by atoms with van der Waals surface area (Å²) >= 11 is 0. The third-order valence-electron chi connectivity index (χ3n) is 5.59. The molecule has 0 spiro atoms. The highest BCUT2D eigenvalue weighted by atomic mass is 16.5. The van der Waals surface area contributed by atoms with Crippen LogP contribution in [0.15, 0.2) is 0 Å². The molecule has 1 aliphatic carbocycles. The Hall–Kier alpha value is -0.120. The Morgan fingerprint density at radius 2 is 1.90 bits per heavy atom. The monoisotopic (exact) mass is 296 g/mol. The van der Waals surface area contributed by atoms with Crippen molar-refractivity contribution in [3.05, 3.63) is 0 Å². The van der Waals surface area contributed by atoms with Gasteiger partial charge in [-0.2, -0.15) is 0 Å². The molecule has 2 atom stereocenters. The molecule has 1 aliphatic heterocycles. The van der Waals surface area contributed by atoms with Gasteiger partial charge in [-0.25, -0.2) is 0 Å². The van der Waals surface area contributed by atoms with Crippen LogP contribution < -0.4 is 5.32 Å². The molecule has 2 aliphatic rings. The number of nitrogens with one attached hydrogen (secondary N) is 1. The maximum Gasteiger partial charge on any atom is 0.0521 e. The van der Waals surface area contributed by atoms with Crippen LogP contribution in [0.3, 0.4) is 0 Å². The SMILES string of the molecule is CCCNC1CCOCC1CN(C)C1CCC(C)(C)CC1. The molecule has 0 bridgehead atoms. The van der Waals surface area contributed by atoms with E-state index >= 15 is 0 Å². The summed E-state index contributed by atoms with van der Waals surface area (Å²) in [6, 6.07) is 1.44. The zero-order valence-corrected chi connectivity index (χ0v) is 14.7. The highest BCUT2D eigenvalue weighted by Crippen LogP contribution is 2.36.